The number of rotatable bonds is 4. The SMILES string of the molecule is NC(CC(F)(F)c1ccc(F)cc1)C(=O)O. The Hall–Kier alpha value is -1.56. The number of hydrogen-bond donors (Lipinski definition) is 2. The van der Waals surface area contributed by atoms with Gasteiger partial charge in [0.2, 0.25) is 0 Å². The summed E-state index contributed by atoms with van der Waals surface area (Å²) in [6, 6.07) is 1.93. The smallest absolute Gasteiger partial charge is 0.320 e. The summed E-state index contributed by atoms with van der Waals surface area (Å²) in [7, 11) is 0. The van der Waals surface area contributed by atoms with Gasteiger partial charge in [0.25, 0.3) is 5.92 Å². The highest BCUT2D eigenvalue weighted by Gasteiger charge is 2.35. The number of alkyl halides is 2. The molecule has 1 unspecified atom stereocenters. The third kappa shape index (κ3) is 2.96. The molecule has 0 radical (unpaired) electrons. The van der Waals surface area contributed by atoms with Gasteiger partial charge in [-0.1, -0.05) is 12.1 Å². The summed E-state index contributed by atoms with van der Waals surface area (Å²) in [5.41, 5.74) is 4.56. The molecule has 0 saturated carbocycles. The van der Waals surface area contributed by atoms with Crippen molar-refractivity contribution in [3.63, 3.8) is 0 Å². The van der Waals surface area contributed by atoms with Crippen LogP contribution in [0.2, 0.25) is 0 Å². The van der Waals surface area contributed by atoms with Crippen molar-refractivity contribution in [3.05, 3.63) is 35.6 Å². The molecule has 1 rings (SSSR count). The summed E-state index contributed by atoms with van der Waals surface area (Å²) in [4.78, 5) is 10.3. The van der Waals surface area contributed by atoms with E-state index in [2.05, 4.69) is 0 Å². The highest BCUT2D eigenvalue weighted by Crippen LogP contribution is 2.32. The Labute approximate surface area is 89.7 Å². The van der Waals surface area contributed by atoms with Gasteiger partial charge in [-0.2, -0.15) is 0 Å². The first kappa shape index (κ1) is 12.5. The maximum atomic E-state index is 13.4. The standard InChI is InChI=1S/C10H10F3NO2/c11-7-3-1-6(2-4-7)10(12,13)5-8(14)9(15)16/h1-4,8H,5,14H2,(H,15,16). The highest BCUT2D eigenvalue weighted by molar-refractivity contribution is 5.73. The third-order valence-corrected chi connectivity index (χ3v) is 2.06. The van der Waals surface area contributed by atoms with Gasteiger partial charge in [-0.3, -0.25) is 4.79 Å². The number of aliphatic carboxylic acids is 1. The maximum Gasteiger partial charge on any atom is 0.320 e. The maximum absolute atomic E-state index is 13.4. The van der Waals surface area contributed by atoms with Crippen LogP contribution in [0.5, 0.6) is 0 Å². The zero-order valence-electron chi connectivity index (χ0n) is 8.16. The molecule has 0 aromatic heterocycles. The van der Waals surface area contributed by atoms with Crippen LogP contribution in [0.25, 0.3) is 0 Å². The first-order valence-corrected chi connectivity index (χ1v) is 4.45. The molecular formula is C10H10F3NO2. The van der Waals surface area contributed by atoms with Crippen molar-refractivity contribution in [2.45, 2.75) is 18.4 Å². The van der Waals surface area contributed by atoms with Gasteiger partial charge in [0.05, 0.1) is 0 Å². The number of halogens is 3. The molecule has 0 aliphatic heterocycles. The molecule has 1 aromatic carbocycles. The number of benzene rings is 1. The van der Waals surface area contributed by atoms with Gasteiger partial charge in [-0.25, -0.2) is 13.2 Å². The van der Waals surface area contributed by atoms with Crippen LogP contribution < -0.4 is 5.73 Å². The van der Waals surface area contributed by atoms with Crippen LogP contribution >= 0.6 is 0 Å². The lowest BCUT2D eigenvalue weighted by Crippen LogP contribution is -2.35. The molecule has 6 heteroatoms. The van der Waals surface area contributed by atoms with Gasteiger partial charge >= 0.3 is 5.97 Å². The van der Waals surface area contributed by atoms with Crippen LogP contribution in [0.4, 0.5) is 13.2 Å². The fraction of sp³-hybridized carbons (Fsp3) is 0.300. The van der Waals surface area contributed by atoms with E-state index < -0.39 is 35.7 Å². The lowest BCUT2D eigenvalue weighted by molar-refractivity contribution is -0.141. The number of carboxylic acid groups (broad SMARTS) is 1. The molecule has 3 N–H and O–H groups in total. The van der Waals surface area contributed by atoms with E-state index in [-0.39, 0.29) is 0 Å². The van der Waals surface area contributed by atoms with Gasteiger partial charge in [-0.05, 0) is 12.1 Å². The molecule has 0 heterocycles. The first-order chi connectivity index (χ1) is 7.33. The Kier molecular flexibility index (Phi) is 3.54. The van der Waals surface area contributed by atoms with Crippen molar-refractivity contribution in [2.75, 3.05) is 0 Å². The predicted molar refractivity (Wildman–Crippen MR) is 50.5 cm³/mol. The molecule has 1 atom stereocenters. The summed E-state index contributed by atoms with van der Waals surface area (Å²) >= 11 is 0. The van der Waals surface area contributed by atoms with Crippen molar-refractivity contribution in [3.8, 4) is 0 Å². The molecule has 16 heavy (non-hydrogen) atoms. The van der Waals surface area contributed by atoms with E-state index in [1.807, 2.05) is 0 Å². The summed E-state index contributed by atoms with van der Waals surface area (Å²) < 4.78 is 39.4. The molecule has 0 aliphatic carbocycles. The van der Waals surface area contributed by atoms with Crippen LogP contribution in [0.3, 0.4) is 0 Å². The fourth-order valence-electron chi connectivity index (χ4n) is 1.18. The highest BCUT2D eigenvalue weighted by atomic mass is 19.3. The van der Waals surface area contributed by atoms with E-state index in [0.717, 1.165) is 24.3 Å². The Morgan fingerprint density at radius 3 is 2.31 bits per heavy atom. The van der Waals surface area contributed by atoms with E-state index in [4.69, 9.17) is 10.8 Å². The van der Waals surface area contributed by atoms with Crippen LogP contribution in [0.15, 0.2) is 24.3 Å². The molecule has 0 spiro atoms. The lowest BCUT2D eigenvalue weighted by atomic mass is 10.0. The normalized spacial score (nSPS) is 13.5. The summed E-state index contributed by atoms with van der Waals surface area (Å²) in [5, 5.41) is 8.42. The monoisotopic (exact) mass is 233 g/mol. The second kappa shape index (κ2) is 4.52. The summed E-state index contributed by atoms with van der Waals surface area (Å²) in [5.74, 6) is -5.52. The molecule has 1 aromatic rings. The zero-order chi connectivity index (χ0) is 12.3. The predicted octanol–water partition coefficient (Wildman–Crippen LogP) is 1.72. The van der Waals surface area contributed by atoms with Crippen molar-refractivity contribution in [1.29, 1.82) is 0 Å². The van der Waals surface area contributed by atoms with E-state index in [1.165, 1.54) is 0 Å². The van der Waals surface area contributed by atoms with Crippen molar-refractivity contribution >= 4 is 5.97 Å². The zero-order valence-corrected chi connectivity index (χ0v) is 8.16. The molecule has 88 valence electrons. The van der Waals surface area contributed by atoms with Crippen LogP contribution in [-0.2, 0) is 10.7 Å². The second-order valence-corrected chi connectivity index (χ2v) is 3.36. The van der Waals surface area contributed by atoms with Crippen molar-refractivity contribution in [2.24, 2.45) is 5.73 Å². The lowest BCUT2D eigenvalue weighted by Gasteiger charge is -2.18. The first-order valence-electron chi connectivity index (χ1n) is 4.45. The summed E-state index contributed by atoms with van der Waals surface area (Å²) in [6.07, 6.45) is -1.02. The molecule has 0 amide bonds. The second-order valence-electron chi connectivity index (χ2n) is 3.36. The van der Waals surface area contributed by atoms with E-state index in [9.17, 15) is 18.0 Å². The quantitative estimate of drug-likeness (QED) is 0.832. The fourth-order valence-corrected chi connectivity index (χ4v) is 1.18. The van der Waals surface area contributed by atoms with Gasteiger partial charge in [0.1, 0.15) is 11.9 Å². The molecule has 0 fully saturated rings. The Morgan fingerprint density at radius 1 is 1.38 bits per heavy atom. The van der Waals surface area contributed by atoms with Gasteiger partial charge in [-0.15, -0.1) is 0 Å². The van der Waals surface area contributed by atoms with Crippen LogP contribution in [0.1, 0.15) is 12.0 Å². The van der Waals surface area contributed by atoms with Crippen molar-refractivity contribution < 1.29 is 23.1 Å². The number of hydrogen-bond acceptors (Lipinski definition) is 2. The van der Waals surface area contributed by atoms with Crippen LogP contribution in [-0.4, -0.2) is 17.1 Å². The molecule has 0 saturated heterocycles. The largest absolute Gasteiger partial charge is 0.480 e. The molecule has 0 aliphatic rings. The molecule has 3 nitrogen and oxygen atoms in total. The Morgan fingerprint density at radius 2 is 1.88 bits per heavy atom. The van der Waals surface area contributed by atoms with E-state index in [0.29, 0.717) is 0 Å². The van der Waals surface area contributed by atoms with Crippen molar-refractivity contribution in [1.82, 2.24) is 0 Å². The van der Waals surface area contributed by atoms with Gasteiger partial charge < -0.3 is 10.8 Å². The van der Waals surface area contributed by atoms with E-state index >= 15 is 0 Å². The average Bonchev–Trinajstić information content (AvgIpc) is 2.17. The Balaban J connectivity index is 2.84. The third-order valence-electron chi connectivity index (χ3n) is 2.06. The minimum absolute atomic E-state index is 0.453. The summed E-state index contributed by atoms with van der Waals surface area (Å²) in [6.45, 7) is 0. The van der Waals surface area contributed by atoms with Gasteiger partial charge in [0, 0.05) is 12.0 Å². The minimum Gasteiger partial charge on any atom is -0.480 e. The Bertz CT molecular complexity index is 378. The molecular weight excluding hydrogens is 223 g/mol. The topological polar surface area (TPSA) is 63.3 Å². The number of nitrogens with two attached hydrogens (primary N) is 1. The minimum atomic E-state index is -3.38. The molecule has 0 bridgehead atoms. The van der Waals surface area contributed by atoms with Crippen LogP contribution in [0, 0.1) is 5.82 Å². The average molecular weight is 233 g/mol. The van der Waals surface area contributed by atoms with E-state index in [1.54, 1.807) is 0 Å². The van der Waals surface area contributed by atoms with Gasteiger partial charge in [0.15, 0.2) is 0 Å². The number of carboxylic acids is 1. The number of carbonyl (C=O) groups is 1.